The number of aromatic hydroxyl groups is 1. The summed E-state index contributed by atoms with van der Waals surface area (Å²) in [6, 6.07) is 13.7. The molecule has 3 aromatic rings. The molecule has 118 valence electrons. The van der Waals surface area contributed by atoms with E-state index in [1.54, 1.807) is 24.4 Å². The fraction of sp³-hybridized carbons (Fsp3) is 0. The summed E-state index contributed by atoms with van der Waals surface area (Å²) in [6.45, 7) is 0. The minimum atomic E-state index is -0.507. The molecule has 0 spiro atoms. The molecule has 0 fully saturated rings. The normalized spacial score (nSPS) is 11.2. The summed E-state index contributed by atoms with van der Waals surface area (Å²) in [6.07, 6.45) is 3.29. The number of nitrogens with zero attached hydrogens (tertiary/aromatic N) is 1. The largest absolute Gasteiger partial charge is 0.508 e. The van der Waals surface area contributed by atoms with E-state index in [1.807, 2.05) is 24.3 Å². The number of benzene rings is 2. The second-order valence-corrected chi connectivity index (χ2v) is 6.02. The van der Waals surface area contributed by atoms with E-state index in [0.29, 0.717) is 5.69 Å². The lowest BCUT2D eigenvalue weighted by Gasteiger charge is -2.04. The number of hydrogen-bond donors (Lipinski definition) is 3. The minimum absolute atomic E-state index is 0.0102. The summed E-state index contributed by atoms with van der Waals surface area (Å²) >= 11 is 3.41. The zero-order valence-corrected chi connectivity index (χ0v) is 14.0. The first-order chi connectivity index (χ1) is 11.6. The number of aromatic nitrogens is 1. The molecule has 5 nitrogen and oxygen atoms in total. The Hall–Kier alpha value is -3.04. The lowest BCUT2D eigenvalue weighted by molar-refractivity contribution is -0.112. The third kappa shape index (κ3) is 3.31. The number of phenols is 1. The highest BCUT2D eigenvalue weighted by atomic mass is 79.9. The van der Waals surface area contributed by atoms with Gasteiger partial charge in [-0.25, -0.2) is 0 Å². The van der Waals surface area contributed by atoms with E-state index in [4.69, 9.17) is 0 Å². The zero-order valence-electron chi connectivity index (χ0n) is 12.4. The highest BCUT2D eigenvalue weighted by Crippen LogP contribution is 2.24. The van der Waals surface area contributed by atoms with E-state index in [9.17, 15) is 15.2 Å². The van der Waals surface area contributed by atoms with E-state index in [2.05, 4.69) is 26.2 Å². The van der Waals surface area contributed by atoms with Crippen LogP contribution in [0.15, 0.2) is 58.7 Å². The van der Waals surface area contributed by atoms with Crippen LogP contribution in [0, 0.1) is 11.3 Å². The average molecular weight is 382 g/mol. The molecule has 1 heterocycles. The molecule has 24 heavy (non-hydrogen) atoms. The average Bonchev–Trinajstić information content (AvgIpc) is 2.96. The number of phenolic OH excluding ortho intramolecular Hbond substituents is 1. The van der Waals surface area contributed by atoms with Crippen LogP contribution in [0.4, 0.5) is 5.69 Å². The van der Waals surface area contributed by atoms with Gasteiger partial charge in [0, 0.05) is 32.8 Å². The van der Waals surface area contributed by atoms with Crippen LogP contribution >= 0.6 is 15.9 Å². The molecule has 3 rings (SSSR count). The molecule has 0 aliphatic rings. The molecule has 1 amide bonds. The van der Waals surface area contributed by atoms with Gasteiger partial charge in [-0.15, -0.1) is 0 Å². The van der Waals surface area contributed by atoms with Crippen LogP contribution in [0.1, 0.15) is 5.56 Å². The van der Waals surface area contributed by atoms with Crippen molar-refractivity contribution in [3.8, 4) is 11.8 Å². The third-order valence-electron chi connectivity index (χ3n) is 3.47. The number of carbonyl (C=O) groups is 1. The Balaban J connectivity index is 1.90. The Morgan fingerprint density at radius 1 is 1.25 bits per heavy atom. The Kier molecular flexibility index (Phi) is 4.36. The van der Waals surface area contributed by atoms with Gasteiger partial charge in [-0.2, -0.15) is 5.26 Å². The van der Waals surface area contributed by atoms with Crippen molar-refractivity contribution in [1.82, 2.24) is 4.98 Å². The van der Waals surface area contributed by atoms with Gasteiger partial charge in [0.1, 0.15) is 17.4 Å². The number of nitriles is 1. The Labute approximate surface area is 146 Å². The molecule has 0 saturated carbocycles. The summed E-state index contributed by atoms with van der Waals surface area (Å²) < 4.78 is 0.913. The maximum atomic E-state index is 12.3. The van der Waals surface area contributed by atoms with Crippen LogP contribution in [0.25, 0.3) is 17.0 Å². The van der Waals surface area contributed by atoms with Gasteiger partial charge >= 0.3 is 0 Å². The highest BCUT2D eigenvalue weighted by Gasteiger charge is 2.11. The quantitative estimate of drug-likeness (QED) is 0.361. The third-order valence-corrected chi connectivity index (χ3v) is 3.96. The number of nitrogens with one attached hydrogen (secondary N) is 2. The molecule has 3 N–H and O–H groups in total. The predicted octanol–water partition coefficient (Wildman–Crippen LogP) is 4.18. The van der Waals surface area contributed by atoms with E-state index in [1.165, 1.54) is 12.1 Å². The first kappa shape index (κ1) is 15.8. The van der Waals surface area contributed by atoms with Crippen molar-refractivity contribution in [2.75, 3.05) is 5.32 Å². The van der Waals surface area contributed by atoms with Gasteiger partial charge < -0.3 is 15.4 Å². The van der Waals surface area contributed by atoms with Crippen molar-refractivity contribution in [2.24, 2.45) is 0 Å². The van der Waals surface area contributed by atoms with Crippen molar-refractivity contribution in [3.05, 3.63) is 64.3 Å². The van der Waals surface area contributed by atoms with Crippen molar-refractivity contribution >= 4 is 44.5 Å². The summed E-state index contributed by atoms with van der Waals surface area (Å²) in [5.41, 5.74) is 2.16. The fourth-order valence-corrected chi connectivity index (χ4v) is 2.64. The van der Waals surface area contributed by atoms with Crippen LogP contribution in [0.2, 0.25) is 0 Å². The van der Waals surface area contributed by atoms with E-state index in [0.717, 1.165) is 20.9 Å². The molecule has 0 atom stereocenters. The van der Waals surface area contributed by atoms with Crippen molar-refractivity contribution in [3.63, 3.8) is 0 Å². The van der Waals surface area contributed by atoms with Crippen molar-refractivity contribution in [1.29, 1.82) is 5.26 Å². The molecular formula is C18H12BrN3O2. The zero-order chi connectivity index (χ0) is 17.1. The maximum Gasteiger partial charge on any atom is 0.266 e. The van der Waals surface area contributed by atoms with Gasteiger partial charge in [-0.05, 0) is 48.5 Å². The molecule has 0 aliphatic carbocycles. The SMILES string of the molecule is N#C/C(=C/c1c[nH]c2ccc(Br)cc12)C(=O)Nc1ccc(O)cc1. The molecule has 6 heteroatoms. The van der Waals surface area contributed by atoms with Crippen LogP contribution in [0.3, 0.4) is 0 Å². The molecule has 2 aromatic carbocycles. The van der Waals surface area contributed by atoms with Crippen LogP contribution < -0.4 is 5.32 Å². The van der Waals surface area contributed by atoms with E-state index >= 15 is 0 Å². The summed E-state index contributed by atoms with van der Waals surface area (Å²) in [4.78, 5) is 15.4. The lowest BCUT2D eigenvalue weighted by atomic mass is 10.1. The molecule has 0 saturated heterocycles. The molecule has 0 unspecified atom stereocenters. The number of carbonyl (C=O) groups excluding carboxylic acids is 1. The van der Waals surface area contributed by atoms with Gasteiger partial charge in [0.25, 0.3) is 5.91 Å². The van der Waals surface area contributed by atoms with Crippen molar-refractivity contribution < 1.29 is 9.90 Å². The molecule has 0 bridgehead atoms. The van der Waals surface area contributed by atoms with E-state index in [-0.39, 0.29) is 11.3 Å². The monoisotopic (exact) mass is 381 g/mol. The first-order valence-electron chi connectivity index (χ1n) is 7.05. The number of hydrogen-bond acceptors (Lipinski definition) is 3. The van der Waals surface area contributed by atoms with Gasteiger partial charge in [0.2, 0.25) is 0 Å². The van der Waals surface area contributed by atoms with Crippen LogP contribution in [-0.4, -0.2) is 16.0 Å². The minimum Gasteiger partial charge on any atom is -0.508 e. The van der Waals surface area contributed by atoms with E-state index < -0.39 is 5.91 Å². The fourth-order valence-electron chi connectivity index (χ4n) is 2.28. The summed E-state index contributed by atoms with van der Waals surface area (Å²) in [5.74, 6) is -0.402. The summed E-state index contributed by atoms with van der Waals surface area (Å²) in [7, 11) is 0. The summed E-state index contributed by atoms with van der Waals surface area (Å²) in [5, 5.41) is 22.1. The van der Waals surface area contributed by atoms with Gasteiger partial charge in [0.05, 0.1) is 0 Å². The van der Waals surface area contributed by atoms with Gasteiger partial charge in [-0.3, -0.25) is 4.79 Å². The number of halogens is 1. The number of amides is 1. The van der Waals surface area contributed by atoms with Crippen LogP contribution in [-0.2, 0) is 4.79 Å². The van der Waals surface area contributed by atoms with Gasteiger partial charge in [0.15, 0.2) is 0 Å². The second kappa shape index (κ2) is 6.60. The van der Waals surface area contributed by atoms with Gasteiger partial charge in [-0.1, -0.05) is 15.9 Å². The van der Waals surface area contributed by atoms with Crippen LogP contribution in [0.5, 0.6) is 5.75 Å². The Bertz CT molecular complexity index is 982. The molecule has 1 aromatic heterocycles. The number of rotatable bonds is 3. The predicted molar refractivity (Wildman–Crippen MR) is 96.3 cm³/mol. The highest BCUT2D eigenvalue weighted by molar-refractivity contribution is 9.10. The Morgan fingerprint density at radius 3 is 2.71 bits per heavy atom. The Morgan fingerprint density at radius 2 is 2.00 bits per heavy atom. The smallest absolute Gasteiger partial charge is 0.266 e. The number of aromatic amines is 1. The maximum absolute atomic E-state index is 12.3. The first-order valence-corrected chi connectivity index (χ1v) is 7.85. The van der Waals surface area contributed by atoms with Crippen molar-refractivity contribution in [2.45, 2.75) is 0 Å². The molecule has 0 aliphatic heterocycles. The topological polar surface area (TPSA) is 88.9 Å². The molecular weight excluding hydrogens is 370 g/mol. The number of H-pyrrole nitrogens is 1. The second-order valence-electron chi connectivity index (χ2n) is 5.10. The number of anilines is 1. The lowest BCUT2D eigenvalue weighted by Crippen LogP contribution is -2.13. The molecule has 0 radical (unpaired) electrons. The number of fused-ring (bicyclic) bond motifs is 1. The standard InChI is InChI=1S/C18H12BrN3O2/c19-13-1-6-17-16(8-13)12(10-21-17)7-11(9-20)18(24)22-14-2-4-15(23)5-3-14/h1-8,10,21,23H,(H,22,24)/b11-7-.